The molecule has 0 saturated heterocycles. The second kappa shape index (κ2) is 10.8. The summed E-state index contributed by atoms with van der Waals surface area (Å²) >= 11 is 0. The van der Waals surface area contributed by atoms with Gasteiger partial charge >= 0.3 is 12.2 Å². The molecule has 3 aromatic carbocycles. The number of rotatable bonds is 9. The van der Waals surface area contributed by atoms with E-state index in [1.165, 1.54) is 0 Å². The fourth-order valence-corrected chi connectivity index (χ4v) is 7.83. The molecule has 2 saturated carbocycles. The normalized spacial score (nSPS) is 25.8. The van der Waals surface area contributed by atoms with E-state index >= 15 is 0 Å². The van der Waals surface area contributed by atoms with Gasteiger partial charge in [-0.05, 0) is 73.1 Å². The predicted molar refractivity (Wildman–Crippen MR) is 164 cm³/mol. The molecule has 0 unspecified atom stereocenters. The van der Waals surface area contributed by atoms with Crippen molar-refractivity contribution in [3.8, 4) is 5.75 Å². The Balaban J connectivity index is 1.54. The highest BCUT2D eigenvalue weighted by Crippen LogP contribution is 2.69. The number of nitrogens with two attached hydrogens (primary N) is 2. The Hall–Kier alpha value is -4.79. The third-order valence-electron chi connectivity index (χ3n) is 9.28. The number of aryl methyl sites for hydroxylation is 1. The Kier molecular flexibility index (Phi) is 7.12. The fraction of sp³-hybridized carbons (Fsp3) is 0.324. The van der Waals surface area contributed by atoms with E-state index in [0.717, 1.165) is 33.3 Å². The topological polar surface area (TPSA) is 139 Å². The highest BCUT2D eigenvalue weighted by Gasteiger charge is 2.76. The summed E-state index contributed by atoms with van der Waals surface area (Å²) in [6.45, 7) is 1.99. The van der Waals surface area contributed by atoms with Crippen LogP contribution in [0.1, 0.15) is 36.0 Å². The van der Waals surface area contributed by atoms with Gasteiger partial charge in [0, 0.05) is 18.2 Å². The van der Waals surface area contributed by atoms with Crippen molar-refractivity contribution in [3.05, 3.63) is 102 Å². The maximum absolute atomic E-state index is 12.8. The van der Waals surface area contributed by atoms with Crippen LogP contribution in [0.4, 0.5) is 15.4 Å². The molecule has 9 heteroatoms. The lowest BCUT2D eigenvalue weighted by molar-refractivity contribution is -0.171. The Morgan fingerprint density at radius 2 is 1.51 bits per heavy atom. The van der Waals surface area contributed by atoms with E-state index in [0.29, 0.717) is 37.9 Å². The summed E-state index contributed by atoms with van der Waals surface area (Å²) < 4.78 is 17.9. The fourth-order valence-electron chi connectivity index (χ4n) is 7.83. The summed E-state index contributed by atoms with van der Waals surface area (Å²) in [4.78, 5) is 30.3. The van der Waals surface area contributed by atoms with Crippen molar-refractivity contribution in [2.75, 3.05) is 12.4 Å². The van der Waals surface area contributed by atoms with Crippen LogP contribution >= 0.6 is 0 Å². The van der Waals surface area contributed by atoms with Gasteiger partial charge in [-0.15, -0.1) is 0 Å². The molecule has 9 nitrogen and oxygen atoms in total. The molecule has 0 spiro atoms. The molecular formula is C34H36N4O5. The summed E-state index contributed by atoms with van der Waals surface area (Å²) in [5.41, 5.74) is 11.9. The number of ether oxygens (including phenoxy) is 3. The van der Waals surface area contributed by atoms with Crippen molar-refractivity contribution >= 4 is 28.9 Å². The van der Waals surface area contributed by atoms with Gasteiger partial charge in [0.05, 0.1) is 18.0 Å². The van der Waals surface area contributed by atoms with Crippen LogP contribution in [0.3, 0.4) is 0 Å². The molecule has 1 heterocycles. The smallest absolute Gasteiger partial charge is 0.406 e. The number of fused-ring (bicyclic) bond motifs is 3. The van der Waals surface area contributed by atoms with Crippen molar-refractivity contribution in [1.82, 2.24) is 4.98 Å². The lowest BCUT2D eigenvalue weighted by atomic mass is 9.60. The van der Waals surface area contributed by atoms with Crippen molar-refractivity contribution in [3.63, 3.8) is 0 Å². The SMILES string of the molecule is COc1ccc2nc(N[C@]3(OC(N)=O)C[C@@H]4C[C@@](Cc5ccccc5)(OC(N)=O)[C@]3(Cc3ccccc3)C4)cc(C)c2c1. The quantitative estimate of drug-likeness (QED) is 0.210. The zero-order valence-electron chi connectivity index (χ0n) is 24.3. The van der Waals surface area contributed by atoms with E-state index in [2.05, 4.69) is 5.32 Å². The molecule has 2 aliphatic rings. The summed E-state index contributed by atoms with van der Waals surface area (Å²) in [5.74, 6) is 1.30. The van der Waals surface area contributed by atoms with Gasteiger partial charge in [-0.3, -0.25) is 0 Å². The highest BCUT2D eigenvalue weighted by molar-refractivity contribution is 5.85. The highest BCUT2D eigenvalue weighted by atomic mass is 16.6. The first kappa shape index (κ1) is 28.3. The molecule has 5 N–H and O–H groups in total. The first-order valence-corrected chi connectivity index (χ1v) is 14.4. The maximum Gasteiger partial charge on any atom is 0.406 e. The molecule has 1 aromatic heterocycles. The van der Waals surface area contributed by atoms with Gasteiger partial charge in [-0.25, -0.2) is 14.6 Å². The number of carbonyl (C=O) groups excluding carboxylic acids is 2. The largest absolute Gasteiger partial charge is 0.497 e. The summed E-state index contributed by atoms with van der Waals surface area (Å²) in [6, 6.07) is 27.4. The number of primary amides is 2. The molecule has 6 rings (SSSR count). The Labute approximate surface area is 250 Å². The van der Waals surface area contributed by atoms with Gasteiger partial charge in [0.25, 0.3) is 0 Å². The van der Waals surface area contributed by atoms with E-state index in [4.69, 9.17) is 30.7 Å². The van der Waals surface area contributed by atoms with Crippen LogP contribution in [-0.4, -0.2) is 35.6 Å². The van der Waals surface area contributed by atoms with Crippen LogP contribution in [0.5, 0.6) is 5.75 Å². The molecule has 2 aliphatic carbocycles. The summed E-state index contributed by atoms with van der Waals surface area (Å²) in [7, 11) is 1.63. The number of hydrogen-bond donors (Lipinski definition) is 3. The van der Waals surface area contributed by atoms with E-state index in [9.17, 15) is 9.59 Å². The lowest BCUT2D eigenvalue weighted by Crippen LogP contribution is -2.68. The Morgan fingerprint density at radius 3 is 2.14 bits per heavy atom. The average Bonchev–Trinajstić information content (AvgIpc) is 3.41. The number of anilines is 1. The first-order valence-electron chi connectivity index (χ1n) is 14.4. The predicted octanol–water partition coefficient (Wildman–Crippen LogP) is 5.87. The van der Waals surface area contributed by atoms with Crippen molar-refractivity contribution < 1.29 is 23.8 Å². The number of methoxy groups -OCH3 is 1. The summed E-state index contributed by atoms with van der Waals surface area (Å²) in [6.07, 6.45) is 0.659. The molecule has 0 aliphatic heterocycles. The Bertz CT molecular complexity index is 1670. The van der Waals surface area contributed by atoms with E-state index in [1.807, 2.05) is 91.9 Å². The van der Waals surface area contributed by atoms with E-state index in [1.54, 1.807) is 7.11 Å². The Morgan fingerprint density at radius 1 is 0.860 bits per heavy atom. The number of hydrogen-bond acceptors (Lipinski definition) is 7. The number of aromatic nitrogens is 1. The number of carbonyl (C=O) groups is 2. The van der Waals surface area contributed by atoms with Gasteiger partial charge in [0.15, 0.2) is 5.72 Å². The van der Waals surface area contributed by atoms with Gasteiger partial charge in [0.2, 0.25) is 0 Å². The van der Waals surface area contributed by atoms with E-state index < -0.39 is 28.9 Å². The second-order valence-electron chi connectivity index (χ2n) is 11.9. The summed E-state index contributed by atoms with van der Waals surface area (Å²) in [5, 5.41) is 4.50. The van der Waals surface area contributed by atoms with Crippen LogP contribution in [0, 0.1) is 18.3 Å². The number of benzene rings is 3. The van der Waals surface area contributed by atoms with Gasteiger partial charge in [0.1, 0.15) is 17.2 Å². The van der Waals surface area contributed by atoms with Crippen molar-refractivity contribution in [2.24, 2.45) is 22.8 Å². The number of pyridine rings is 1. The minimum Gasteiger partial charge on any atom is -0.497 e. The van der Waals surface area contributed by atoms with Crippen LogP contribution in [0.25, 0.3) is 10.9 Å². The van der Waals surface area contributed by atoms with Crippen molar-refractivity contribution in [2.45, 2.75) is 50.4 Å². The van der Waals surface area contributed by atoms with E-state index in [-0.39, 0.29) is 5.92 Å². The standard InChI is InChI=1S/C34H36N4O5/c1-22-15-29(37-28-14-13-26(41-2)16-27(22)28)38-34(43-31(36)40)21-25-18-32(34,17-23-9-5-3-6-10-23)33(20-25,42-30(35)39)19-24-11-7-4-8-12-24/h3-16,25H,17-21H2,1-2H3,(H2,35,39)(H2,36,40)(H,37,38)/t25-,32-,33+,34-/m0/s1. The molecule has 4 aromatic rings. The zero-order valence-corrected chi connectivity index (χ0v) is 24.3. The lowest BCUT2D eigenvalue weighted by Gasteiger charge is -2.55. The van der Waals surface area contributed by atoms with Gasteiger partial charge in [-0.2, -0.15) is 0 Å². The molecule has 2 bridgehead atoms. The molecule has 43 heavy (non-hydrogen) atoms. The maximum atomic E-state index is 12.8. The molecule has 0 radical (unpaired) electrons. The van der Waals surface area contributed by atoms with Gasteiger partial charge < -0.3 is 31.0 Å². The zero-order chi connectivity index (χ0) is 30.2. The van der Waals surface area contributed by atoms with Crippen LogP contribution in [0.2, 0.25) is 0 Å². The molecule has 4 atom stereocenters. The first-order chi connectivity index (χ1) is 20.7. The van der Waals surface area contributed by atoms with Crippen molar-refractivity contribution in [1.29, 1.82) is 0 Å². The molecular weight excluding hydrogens is 544 g/mol. The van der Waals surface area contributed by atoms with Gasteiger partial charge in [-0.1, -0.05) is 60.7 Å². The van der Waals surface area contributed by atoms with Crippen LogP contribution in [0.15, 0.2) is 84.9 Å². The number of amides is 2. The number of nitrogens with zero attached hydrogens (tertiary/aromatic N) is 1. The third kappa shape index (κ3) is 4.98. The minimum atomic E-state index is -1.36. The molecule has 2 fully saturated rings. The third-order valence-corrected chi connectivity index (χ3v) is 9.28. The molecule has 222 valence electrons. The van der Waals surface area contributed by atoms with Crippen LogP contribution in [-0.2, 0) is 22.3 Å². The average molecular weight is 581 g/mol. The molecule has 2 amide bonds. The van der Waals surface area contributed by atoms with Crippen LogP contribution < -0.4 is 21.5 Å². The monoisotopic (exact) mass is 580 g/mol. The number of nitrogens with one attached hydrogen (secondary N) is 1. The second-order valence-corrected chi connectivity index (χ2v) is 11.9. The minimum absolute atomic E-state index is 0.0458.